The van der Waals surface area contributed by atoms with Gasteiger partial charge >= 0.3 is 6.18 Å². The Balaban J connectivity index is 2.03. The molecule has 0 aliphatic carbocycles. The van der Waals surface area contributed by atoms with E-state index in [4.69, 9.17) is 0 Å². The number of nitro groups is 1. The molecule has 2 rings (SSSR count). The fourth-order valence-electron chi connectivity index (χ4n) is 2.09. The fraction of sp³-hybridized carbons (Fsp3) is 0.167. The van der Waals surface area contributed by atoms with E-state index in [-0.39, 0.29) is 23.4 Å². The number of amides is 1. The molecule has 1 N–H and O–H groups in total. The van der Waals surface area contributed by atoms with Gasteiger partial charge in [-0.1, -0.05) is 24.0 Å². The number of nitrogens with one attached hydrogen (secondary N) is 1. The Kier molecular flexibility index (Phi) is 5.62. The molecule has 1 amide bonds. The van der Waals surface area contributed by atoms with E-state index < -0.39 is 22.6 Å². The number of alkyl halides is 3. The van der Waals surface area contributed by atoms with Crippen LogP contribution < -0.4 is 5.32 Å². The van der Waals surface area contributed by atoms with Gasteiger partial charge in [0.1, 0.15) is 0 Å². The highest BCUT2D eigenvalue weighted by molar-refractivity contribution is 5.95. The Hall–Kier alpha value is -3.34. The van der Waals surface area contributed by atoms with Gasteiger partial charge < -0.3 is 5.32 Å². The van der Waals surface area contributed by atoms with Gasteiger partial charge in [-0.15, -0.1) is 0 Å². The summed E-state index contributed by atoms with van der Waals surface area (Å²) in [5.74, 6) is 4.51. The number of benzene rings is 2. The normalized spacial score (nSPS) is 10.6. The predicted octanol–water partition coefficient (Wildman–Crippen LogP) is 3.70. The summed E-state index contributed by atoms with van der Waals surface area (Å²) in [6, 6.07) is 8.59. The first-order valence-electron chi connectivity index (χ1n) is 7.38. The standard InChI is InChI=1S/C18H13F3N2O3/c1-12-7-8-14(11-16(12)23(25)26)17(24)22-9-3-5-13-4-2-6-15(10-13)18(19,20)21/h2,4,6-8,10-11H,9H2,1H3,(H,22,24). The molecule has 0 unspecified atom stereocenters. The van der Waals surface area contributed by atoms with E-state index in [0.29, 0.717) is 5.56 Å². The van der Waals surface area contributed by atoms with E-state index in [0.717, 1.165) is 18.2 Å². The second-order valence-corrected chi connectivity index (χ2v) is 5.32. The van der Waals surface area contributed by atoms with Gasteiger partial charge in [-0.05, 0) is 31.2 Å². The SMILES string of the molecule is Cc1ccc(C(=O)NCC#Cc2cccc(C(F)(F)F)c2)cc1[N+](=O)[O-]. The van der Waals surface area contributed by atoms with Crippen LogP contribution in [0.4, 0.5) is 18.9 Å². The molecule has 0 fully saturated rings. The molecular formula is C18H13F3N2O3. The lowest BCUT2D eigenvalue weighted by Crippen LogP contribution is -2.23. The molecular weight excluding hydrogens is 349 g/mol. The van der Waals surface area contributed by atoms with Crippen LogP contribution in [0.1, 0.15) is 27.0 Å². The summed E-state index contributed by atoms with van der Waals surface area (Å²) in [5, 5.41) is 13.3. The summed E-state index contributed by atoms with van der Waals surface area (Å²) in [6.45, 7) is 1.44. The minimum atomic E-state index is -4.45. The van der Waals surface area contributed by atoms with E-state index in [9.17, 15) is 28.1 Å². The number of nitro benzene ring substituents is 1. The van der Waals surface area contributed by atoms with Gasteiger partial charge in [0.2, 0.25) is 0 Å². The van der Waals surface area contributed by atoms with Crippen molar-refractivity contribution in [2.45, 2.75) is 13.1 Å². The lowest BCUT2D eigenvalue weighted by atomic mass is 10.1. The maximum atomic E-state index is 12.6. The second-order valence-electron chi connectivity index (χ2n) is 5.32. The molecule has 134 valence electrons. The zero-order valence-electron chi connectivity index (χ0n) is 13.6. The van der Waals surface area contributed by atoms with Crippen LogP contribution in [-0.4, -0.2) is 17.4 Å². The number of nitrogens with zero attached hydrogens (tertiary/aromatic N) is 1. The van der Waals surface area contributed by atoms with Crippen molar-refractivity contribution in [3.05, 3.63) is 74.8 Å². The molecule has 0 saturated heterocycles. The van der Waals surface area contributed by atoms with Gasteiger partial charge in [0.15, 0.2) is 0 Å². The molecule has 0 saturated carbocycles. The van der Waals surface area contributed by atoms with Crippen LogP contribution in [0.15, 0.2) is 42.5 Å². The zero-order chi connectivity index (χ0) is 19.3. The lowest BCUT2D eigenvalue weighted by Gasteiger charge is -2.05. The Morgan fingerprint density at radius 3 is 2.62 bits per heavy atom. The number of hydrogen-bond acceptors (Lipinski definition) is 3. The van der Waals surface area contributed by atoms with Gasteiger partial charge in [0.05, 0.1) is 17.0 Å². The second kappa shape index (κ2) is 7.70. The first-order chi connectivity index (χ1) is 12.2. The van der Waals surface area contributed by atoms with Gasteiger partial charge in [-0.2, -0.15) is 13.2 Å². The molecule has 0 aliphatic heterocycles. The number of halogens is 3. The Bertz CT molecular complexity index is 912. The van der Waals surface area contributed by atoms with Crippen molar-refractivity contribution in [3.8, 4) is 11.8 Å². The van der Waals surface area contributed by atoms with E-state index in [1.54, 1.807) is 6.92 Å². The molecule has 0 radical (unpaired) electrons. The smallest absolute Gasteiger partial charge is 0.341 e. The number of aryl methyl sites for hydroxylation is 1. The highest BCUT2D eigenvalue weighted by Gasteiger charge is 2.30. The molecule has 5 nitrogen and oxygen atoms in total. The Morgan fingerprint density at radius 1 is 1.23 bits per heavy atom. The summed E-state index contributed by atoms with van der Waals surface area (Å²) in [6.07, 6.45) is -4.45. The van der Waals surface area contributed by atoms with E-state index in [1.165, 1.54) is 24.3 Å². The molecule has 0 atom stereocenters. The van der Waals surface area contributed by atoms with E-state index >= 15 is 0 Å². The van der Waals surface area contributed by atoms with Gasteiger partial charge in [-0.25, -0.2) is 0 Å². The number of carbonyl (C=O) groups is 1. The Labute approximate surface area is 147 Å². The van der Waals surface area contributed by atoms with Gasteiger partial charge in [-0.3, -0.25) is 14.9 Å². The average molecular weight is 362 g/mol. The monoisotopic (exact) mass is 362 g/mol. The van der Waals surface area contributed by atoms with Crippen molar-refractivity contribution in [1.29, 1.82) is 0 Å². The third kappa shape index (κ3) is 4.83. The first-order valence-corrected chi connectivity index (χ1v) is 7.38. The van der Waals surface area contributed by atoms with Crippen molar-refractivity contribution in [1.82, 2.24) is 5.32 Å². The van der Waals surface area contributed by atoms with Crippen LogP contribution in [-0.2, 0) is 6.18 Å². The van der Waals surface area contributed by atoms with E-state index in [2.05, 4.69) is 17.2 Å². The van der Waals surface area contributed by atoms with Crippen LogP contribution >= 0.6 is 0 Å². The van der Waals surface area contributed by atoms with Crippen LogP contribution in [0.2, 0.25) is 0 Å². The van der Waals surface area contributed by atoms with Crippen molar-refractivity contribution < 1.29 is 22.9 Å². The number of carbonyl (C=O) groups excluding carboxylic acids is 1. The summed E-state index contributed by atoms with van der Waals surface area (Å²) in [4.78, 5) is 22.3. The van der Waals surface area contributed by atoms with Crippen LogP contribution in [0.3, 0.4) is 0 Å². The number of hydrogen-bond donors (Lipinski definition) is 1. The maximum absolute atomic E-state index is 12.6. The largest absolute Gasteiger partial charge is 0.416 e. The number of rotatable bonds is 3. The zero-order valence-corrected chi connectivity index (χ0v) is 13.6. The van der Waals surface area contributed by atoms with Crippen molar-refractivity contribution in [2.75, 3.05) is 6.54 Å². The molecule has 26 heavy (non-hydrogen) atoms. The third-order valence-corrected chi connectivity index (χ3v) is 3.43. The van der Waals surface area contributed by atoms with E-state index in [1.807, 2.05) is 0 Å². The molecule has 8 heteroatoms. The highest BCUT2D eigenvalue weighted by Crippen LogP contribution is 2.29. The van der Waals surface area contributed by atoms with Gasteiger partial charge in [0, 0.05) is 22.8 Å². The molecule has 0 bridgehead atoms. The van der Waals surface area contributed by atoms with Gasteiger partial charge in [0.25, 0.3) is 11.6 Å². The fourth-order valence-corrected chi connectivity index (χ4v) is 2.09. The maximum Gasteiger partial charge on any atom is 0.416 e. The summed E-state index contributed by atoms with van der Waals surface area (Å²) in [7, 11) is 0. The molecule has 0 heterocycles. The summed E-state index contributed by atoms with van der Waals surface area (Å²) >= 11 is 0. The average Bonchev–Trinajstić information content (AvgIpc) is 2.58. The van der Waals surface area contributed by atoms with Crippen molar-refractivity contribution in [2.24, 2.45) is 0 Å². The van der Waals surface area contributed by atoms with Crippen LogP contribution in [0, 0.1) is 28.9 Å². The highest BCUT2D eigenvalue weighted by atomic mass is 19.4. The van der Waals surface area contributed by atoms with Crippen molar-refractivity contribution in [3.63, 3.8) is 0 Å². The predicted molar refractivity (Wildman–Crippen MR) is 88.5 cm³/mol. The Morgan fingerprint density at radius 2 is 1.96 bits per heavy atom. The first kappa shape index (κ1) is 19.0. The summed E-state index contributed by atoms with van der Waals surface area (Å²) in [5.41, 5.74) is -0.285. The molecule has 0 aliphatic rings. The lowest BCUT2D eigenvalue weighted by molar-refractivity contribution is -0.385. The third-order valence-electron chi connectivity index (χ3n) is 3.43. The molecule has 2 aromatic carbocycles. The topological polar surface area (TPSA) is 72.2 Å². The summed E-state index contributed by atoms with van der Waals surface area (Å²) < 4.78 is 37.8. The minimum Gasteiger partial charge on any atom is -0.341 e. The minimum absolute atomic E-state index is 0.100. The molecule has 0 aromatic heterocycles. The molecule has 2 aromatic rings. The van der Waals surface area contributed by atoms with Crippen molar-refractivity contribution >= 4 is 11.6 Å². The molecule has 0 spiro atoms. The quantitative estimate of drug-likeness (QED) is 0.514. The van der Waals surface area contributed by atoms with Crippen LogP contribution in [0.5, 0.6) is 0 Å². The van der Waals surface area contributed by atoms with Crippen LogP contribution in [0.25, 0.3) is 0 Å².